The normalized spacial score (nSPS) is 17.8. The first-order valence-electron chi connectivity index (χ1n) is 5.64. The summed E-state index contributed by atoms with van der Waals surface area (Å²) in [5, 5.41) is 16.0. The topological polar surface area (TPSA) is 71.2 Å². The van der Waals surface area contributed by atoms with Gasteiger partial charge in [0.2, 0.25) is 5.89 Å². The van der Waals surface area contributed by atoms with Gasteiger partial charge in [0.15, 0.2) is 5.82 Å². The molecule has 2 N–H and O–H groups in total. The Morgan fingerprint density at radius 3 is 3.18 bits per heavy atom. The first-order valence-corrected chi connectivity index (χ1v) is 5.64. The van der Waals surface area contributed by atoms with E-state index >= 15 is 0 Å². The Bertz CT molecular complexity index is 524. The van der Waals surface area contributed by atoms with E-state index in [1.54, 1.807) is 0 Å². The number of rotatable bonds is 3. The molecule has 2 heterocycles. The third-order valence-corrected chi connectivity index (χ3v) is 2.95. The third kappa shape index (κ3) is 1.78. The number of benzene rings is 1. The summed E-state index contributed by atoms with van der Waals surface area (Å²) in [5.41, 5.74) is 2.31. The van der Waals surface area contributed by atoms with Crippen LogP contribution in [0.1, 0.15) is 23.2 Å². The van der Waals surface area contributed by atoms with Gasteiger partial charge in [0.05, 0.1) is 12.5 Å². The number of hydrogen-bond donors (Lipinski definition) is 2. The van der Waals surface area contributed by atoms with Gasteiger partial charge in [0.1, 0.15) is 0 Å². The molecule has 1 unspecified atom stereocenters. The number of para-hydroxylation sites is 1. The van der Waals surface area contributed by atoms with Crippen molar-refractivity contribution in [1.29, 1.82) is 0 Å². The molecule has 0 spiro atoms. The number of nitrogens with one attached hydrogen (secondary N) is 1. The van der Waals surface area contributed by atoms with Crippen molar-refractivity contribution in [2.24, 2.45) is 0 Å². The molecule has 5 heteroatoms. The van der Waals surface area contributed by atoms with Crippen LogP contribution < -0.4 is 5.32 Å². The van der Waals surface area contributed by atoms with E-state index < -0.39 is 0 Å². The fourth-order valence-corrected chi connectivity index (χ4v) is 2.11. The molecule has 0 saturated carbocycles. The summed E-state index contributed by atoms with van der Waals surface area (Å²) in [6, 6.07) is 8.11. The second kappa shape index (κ2) is 4.18. The molecule has 1 aliphatic rings. The summed E-state index contributed by atoms with van der Waals surface area (Å²) in [6.45, 7) is 0.818. The first-order chi connectivity index (χ1) is 8.38. The maximum Gasteiger partial charge on any atom is 0.236 e. The lowest BCUT2D eigenvalue weighted by molar-refractivity contribution is 0.292. The molecule has 5 nitrogen and oxygen atoms in total. The average Bonchev–Trinajstić information content (AvgIpc) is 2.95. The Labute approximate surface area is 98.5 Å². The van der Waals surface area contributed by atoms with Crippen LogP contribution in [0.15, 0.2) is 28.8 Å². The van der Waals surface area contributed by atoms with Crippen LogP contribution in [-0.4, -0.2) is 28.4 Å². The molecule has 1 aromatic heterocycles. The van der Waals surface area contributed by atoms with E-state index in [0.29, 0.717) is 18.1 Å². The highest BCUT2D eigenvalue weighted by atomic mass is 16.5. The molecule has 17 heavy (non-hydrogen) atoms. The third-order valence-electron chi connectivity index (χ3n) is 2.95. The molecule has 1 aliphatic heterocycles. The molecule has 2 aromatic rings. The van der Waals surface area contributed by atoms with Crippen molar-refractivity contribution in [2.45, 2.75) is 12.3 Å². The molecule has 0 fully saturated rings. The highest BCUT2D eigenvalue weighted by Crippen LogP contribution is 2.34. The summed E-state index contributed by atoms with van der Waals surface area (Å²) in [6.07, 6.45) is 0.436. The molecular weight excluding hydrogens is 218 g/mol. The van der Waals surface area contributed by atoms with Gasteiger partial charge in [-0.1, -0.05) is 23.4 Å². The van der Waals surface area contributed by atoms with E-state index in [0.717, 1.165) is 12.2 Å². The van der Waals surface area contributed by atoms with Crippen LogP contribution in [0.5, 0.6) is 0 Å². The smallest absolute Gasteiger partial charge is 0.236 e. The van der Waals surface area contributed by atoms with Crippen LogP contribution in [0.3, 0.4) is 0 Å². The maximum absolute atomic E-state index is 8.82. The van der Waals surface area contributed by atoms with Crippen molar-refractivity contribution in [1.82, 2.24) is 10.1 Å². The van der Waals surface area contributed by atoms with Crippen LogP contribution in [0.25, 0.3) is 0 Å². The average molecular weight is 231 g/mol. The molecule has 0 saturated heterocycles. The molecule has 0 bridgehead atoms. The van der Waals surface area contributed by atoms with Crippen LogP contribution in [0.2, 0.25) is 0 Å². The van der Waals surface area contributed by atoms with E-state index in [2.05, 4.69) is 21.5 Å². The molecule has 88 valence electrons. The Morgan fingerprint density at radius 1 is 1.41 bits per heavy atom. The zero-order chi connectivity index (χ0) is 11.7. The molecule has 0 aliphatic carbocycles. The van der Waals surface area contributed by atoms with Crippen LogP contribution >= 0.6 is 0 Å². The van der Waals surface area contributed by atoms with Crippen molar-refractivity contribution < 1.29 is 9.63 Å². The minimum absolute atomic E-state index is 0.0402. The summed E-state index contributed by atoms with van der Waals surface area (Å²) >= 11 is 0. The van der Waals surface area contributed by atoms with Crippen molar-refractivity contribution in [3.8, 4) is 0 Å². The number of anilines is 1. The predicted molar refractivity (Wildman–Crippen MR) is 61.9 cm³/mol. The maximum atomic E-state index is 8.82. The standard InChI is InChI=1S/C12H13N3O2/c16-6-5-11-14-12(17-15-11)9-7-13-10-4-2-1-3-8(9)10/h1-4,9,13,16H,5-7H2. The first kappa shape index (κ1) is 10.3. The van der Waals surface area contributed by atoms with Crippen molar-refractivity contribution in [3.05, 3.63) is 41.5 Å². The lowest BCUT2D eigenvalue weighted by atomic mass is 10.0. The van der Waals surface area contributed by atoms with Crippen molar-refractivity contribution in [2.75, 3.05) is 18.5 Å². The van der Waals surface area contributed by atoms with E-state index in [-0.39, 0.29) is 12.5 Å². The number of fused-ring (bicyclic) bond motifs is 1. The van der Waals surface area contributed by atoms with Crippen LogP contribution in [0, 0.1) is 0 Å². The van der Waals surface area contributed by atoms with Gasteiger partial charge in [0, 0.05) is 18.7 Å². The number of aliphatic hydroxyl groups excluding tert-OH is 1. The largest absolute Gasteiger partial charge is 0.396 e. The van der Waals surface area contributed by atoms with Crippen LogP contribution in [0.4, 0.5) is 5.69 Å². The van der Waals surface area contributed by atoms with E-state index in [4.69, 9.17) is 9.63 Å². The van der Waals surface area contributed by atoms with Gasteiger partial charge in [-0.05, 0) is 11.6 Å². The Balaban J connectivity index is 1.90. The summed E-state index contributed by atoms with van der Waals surface area (Å²) in [5.74, 6) is 1.30. The zero-order valence-corrected chi connectivity index (χ0v) is 9.26. The Kier molecular flexibility index (Phi) is 2.53. The van der Waals surface area contributed by atoms with Gasteiger partial charge >= 0.3 is 0 Å². The zero-order valence-electron chi connectivity index (χ0n) is 9.26. The lowest BCUT2D eigenvalue weighted by Gasteiger charge is -2.02. The van der Waals surface area contributed by atoms with Gasteiger partial charge in [-0.3, -0.25) is 0 Å². The summed E-state index contributed by atoms with van der Waals surface area (Å²) in [4.78, 5) is 4.30. The minimum Gasteiger partial charge on any atom is -0.396 e. The Morgan fingerprint density at radius 2 is 2.29 bits per heavy atom. The highest BCUT2D eigenvalue weighted by Gasteiger charge is 2.27. The molecule has 0 amide bonds. The summed E-state index contributed by atoms with van der Waals surface area (Å²) < 4.78 is 5.25. The molecule has 1 aromatic carbocycles. The lowest BCUT2D eigenvalue weighted by Crippen LogP contribution is -2.04. The van der Waals surface area contributed by atoms with E-state index in [1.165, 1.54) is 5.56 Å². The monoisotopic (exact) mass is 231 g/mol. The van der Waals surface area contributed by atoms with Crippen molar-refractivity contribution in [3.63, 3.8) is 0 Å². The Hall–Kier alpha value is -1.88. The quantitative estimate of drug-likeness (QED) is 0.829. The molecule has 1 atom stereocenters. The van der Waals surface area contributed by atoms with Crippen molar-refractivity contribution >= 4 is 5.69 Å². The fraction of sp³-hybridized carbons (Fsp3) is 0.333. The molecule has 0 radical (unpaired) electrons. The number of hydrogen-bond acceptors (Lipinski definition) is 5. The second-order valence-electron chi connectivity index (χ2n) is 4.04. The van der Waals surface area contributed by atoms with Gasteiger partial charge < -0.3 is 14.9 Å². The fourth-order valence-electron chi connectivity index (χ4n) is 2.11. The van der Waals surface area contributed by atoms with E-state index in [1.807, 2.05) is 18.2 Å². The van der Waals surface area contributed by atoms with Gasteiger partial charge in [-0.25, -0.2) is 0 Å². The number of aromatic nitrogens is 2. The second-order valence-corrected chi connectivity index (χ2v) is 4.04. The molecular formula is C12H13N3O2. The predicted octanol–water partition coefficient (Wildman–Crippen LogP) is 1.16. The van der Waals surface area contributed by atoms with Gasteiger partial charge in [-0.2, -0.15) is 4.98 Å². The number of nitrogens with zero attached hydrogens (tertiary/aromatic N) is 2. The SMILES string of the molecule is OCCc1noc(C2CNc3ccccc32)n1. The molecule has 3 rings (SSSR count). The summed E-state index contributed by atoms with van der Waals surface area (Å²) in [7, 11) is 0. The highest BCUT2D eigenvalue weighted by molar-refractivity contribution is 5.59. The van der Waals surface area contributed by atoms with Gasteiger partial charge in [-0.15, -0.1) is 0 Å². The van der Waals surface area contributed by atoms with Gasteiger partial charge in [0.25, 0.3) is 0 Å². The minimum atomic E-state index is 0.0402. The number of aliphatic hydroxyl groups is 1. The van der Waals surface area contributed by atoms with Crippen LogP contribution in [-0.2, 0) is 6.42 Å². The van der Waals surface area contributed by atoms with E-state index in [9.17, 15) is 0 Å².